The molecule has 1 aromatic carbocycles. The lowest BCUT2D eigenvalue weighted by Crippen LogP contribution is -2.28. The Morgan fingerprint density at radius 3 is 3.14 bits per heavy atom. The van der Waals surface area contributed by atoms with Crippen molar-refractivity contribution in [2.75, 3.05) is 6.61 Å². The molecule has 21 heavy (non-hydrogen) atoms. The highest BCUT2D eigenvalue weighted by atomic mass is 32.2. The van der Waals surface area contributed by atoms with Gasteiger partial charge in [-0.1, -0.05) is 18.2 Å². The zero-order chi connectivity index (χ0) is 14.7. The number of aliphatic hydroxyl groups is 1. The summed E-state index contributed by atoms with van der Waals surface area (Å²) < 4.78 is 5.83. The number of fused-ring (bicyclic) bond motifs is 1. The van der Waals surface area contributed by atoms with Gasteiger partial charge in [-0.2, -0.15) is 0 Å². The molecule has 4 nitrogen and oxygen atoms in total. The molecule has 112 valence electrons. The van der Waals surface area contributed by atoms with E-state index in [0.29, 0.717) is 0 Å². The Bertz CT molecular complexity index is 620. The van der Waals surface area contributed by atoms with Crippen molar-refractivity contribution in [1.82, 2.24) is 9.97 Å². The number of benzene rings is 1. The molecule has 1 aliphatic heterocycles. The number of thioether (sulfide) groups is 1. The van der Waals surface area contributed by atoms with Crippen LogP contribution in [0.2, 0.25) is 0 Å². The van der Waals surface area contributed by atoms with E-state index in [-0.39, 0.29) is 18.1 Å². The quantitative estimate of drug-likeness (QED) is 0.941. The number of hydrogen-bond acceptors (Lipinski definition) is 5. The summed E-state index contributed by atoms with van der Waals surface area (Å²) in [7, 11) is 0. The van der Waals surface area contributed by atoms with Gasteiger partial charge in [0.25, 0.3) is 0 Å². The summed E-state index contributed by atoms with van der Waals surface area (Å²) in [5.74, 6) is 1.59. The summed E-state index contributed by atoms with van der Waals surface area (Å²) in [6.45, 7) is 2.19. The Labute approximate surface area is 128 Å². The molecule has 1 aliphatic rings. The predicted molar refractivity (Wildman–Crippen MR) is 85.2 cm³/mol. The van der Waals surface area contributed by atoms with Crippen molar-refractivity contribution in [3.63, 3.8) is 0 Å². The summed E-state index contributed by atoms with van der Waals surface area (Å²) in [5.41, 5.74) is 2.35. The van der Waals surface area contributed by atoms with E-state index < -0.39 is 0 Å². The Morgan fingerprint density at radius 2 is 2.29 bits per heavy atom. The number of aromatic nitrogens is 2. The molecule has 2 heterocycles. The second-order valence-corrected chi connectivity index (χ2v) is 6.56. The SMILES string of the molecule is Cc1cccc2cnc(CS[C@H]3CCC[C@@H](CO)O3)nc12. The van der Waals surface area contributed by atoms with Crippen LogP contribution >= 0.6 is 11.8 Å². The highest BCUT2D eigenvalue weighted by Crippen LogP contribution is 2.29. The fourth-order valence-electron chi connectivity index (χ4n) is 2.60. The number of rotatable bonds is 4. The fourth-order valence-corrected chi connectivity index (χ4v) is 3.64. The number of hydrogen-bond donors (Lipinski definition) is 1. The van der Waals surface area contributed by atoms with Crippen molar-refractivity contribution >= 4 is 22.7 Å². The van der Waals surface area contributed by atoms with E-state index in [2.05, 4.69) is 23.0 Å². The Balaban J connectivity index is 1.66. The first kappa shape index (κ1) is 14.8. The summed E-state index contributed by atoms with van der Waals surface area (Å²) in [5, 5.41) is 10.3. The maximum absolute atomic E-state index is 9.18. The zero-order valence-corrected chi connectivity index (χ0v) is 13.0. The molecule has 1 fully saturated rings. The minimum Gasteiger partial charge on any atom is -0.394 e. The molecule has 0 radical (unpaired) electrons. The van der Waals surface area contributed by atoms with E-state index >= 15 is 0 Å². The number of nitrogens with zero attached hydrogens (tertiary/aromatic N) is 2. The first-order chi connectivity index (χ1) is 10.3. The molecule has 1 N–H and O–H groups in total. The van der Waals surface area contributed by atoms with Crippen molar-refractivity contribution in [3.8, 4) is 0 Å². The molecule has 3 rings (SSSR count). The third-order valence-corrected chi connectivity index (χ3v) is 4.92. The van der Waals surface area contributed by atoms with Crippen molar-refractivity contribution in [3.05, 3.63) is 35.8 Å². The van der Waals surface area contributed by atoms with E-state index in [4.69, 9.17) is 4.74 Å². The summed E-state index contributed by atoms with van der Waals surface area (Å²) >= 11 is 1.73. The lowest BCUT2D eigenvalue weighted by atomic mass is 10.1. The third-order valence-electron chi connectivity index (χ3n) is 3.77. The zero-order valence-electron chi connectivity index (χ0n) is 12.2. The maximum Gasteiger partial charge on any atom is 0.138 e. The van der Waals surface area contributed by atoms with Crippen molar-refractivity contribution in [2.24, 2.45) is 0 Å². The van der Waals surface area contributed by atoms with Gasteiger partial charge in [-0.15, -0.1) is 11.8 Å². The van der Waals surface area contributed by atoms with Crippen LogP contribution in [0.15, 0.2) is 24.4 Å². The van der Waals surface area contributed by atoms with E-state index in [1.165, 1.54) is 5.56 Å². The minimum absolute atomic E-state index is 0.00369. The summed E-state index contributed by atoms with van der Waals surface area (Å²) in [6, 6.07) is 6.14. The third kappa shape index (κ3) is 3.54. The van der Waals surface area contributed by atoms with Gasteiger partial charge in [0.1, 0.15) is 11.3 Å². The lowest BCUT2D eigenvalue weighted by Gasteiger charge is -2.28. The van der Waals surface area contributed by atoms with Gasteiger partial charge in [-0.05, 0) is 31.7 Å². The van der Waals surface area contributed by atoms with E-state index in [1.54, 1.807) is 11.8 Å². The van der Waals surface area contributed by atoms with Gasteiger partial charge in [0.2, 0.25) is 0 Å². The molecule has 0 spiro atoms. The largest absolute Gasteiger partial charge is 0.394 e. The average Bonchev–Trinajstić information content (AvgIpc) is 2.54. The van der Waals surface area contributed by atoms with Crippen molar-refractivity contribution < 1.29 is 9.84 Å². The highest BCUT2D eigenvalue weighted by molar-refractivity contribution is 7.99. The topological polar surface area (TPSA) is 55.2 Å². The molecule has 0 saturated carbocycles. The molecule has 1 saturated heterocycles. The van der Waals surface area contributed by atoms with Gasteiger partial charge in [-0.25, -0.2) is 9.97 Å². The number of aryl methyl sites for hydroxylation is 1. The minimum atomic E-state index is -0.00369. The van der Waals surface area contributed by atoms with Gasteiger partial charge in [0.05, 0.1) is 24.0 Å². The van der Waals surface area contributed by atoms with Crippen LogP contribution in [0.1, 0.15) is 30.7 Å². The molecular formula is C16H20N2O2S. The predicted octanol–water partition coefficient (Wildman–Crippen LogP) is 3.06. The van der Waals surface area contributed by atoms with Crippen molar-refractivity contribution in [1.29, 1.82) is 0 Å². The average molecular weight is 304 g/mol. The van der Waals surface area contributed by atoms with Gasteiger partial charge in [-0.3, -0.25) is 0 Å². The van der Waals surface area contributed by atoms with Crippen LogP contribution in [0.3, 0.4) is 0 Å². The van der Waals surface area contributed by atoms with Gasteiger partial charge in [0.15, 0.2) is 0 Å². The van der Waals surface area contributed by atoms with Crippen molar-refractivity contribution in [2.45, 2.75) is 43.5 Å². The van der Waals surface area contributed by atoms with Crippen LogP contribution in [0.25, 0.3) is 10.9 Å². The van der Waals surface area contributed by atoms with Crippen LogP contribution < -0.4 is 0 Å². The van der Waals surface area contributed by atoms with E-state index in [1.807, 2.05) is 18.3 Å². The van der Waals surface area contributed by atoms with Crippen LogP contribution in [-0.2, 0) is 10.5 Å². The first-order valence-electron chi connectivity index (χ1n) is 7.35. The first-order valence-corrected chi connectivity index (χ1v) is 8.40. The van der Waals surface area contributed by atoms with Crippen LogP contribution in [0.5, 0.6) is 0 Å². The molecule has 0 aliphatic carbocycles. The second-order valence-electron chi connectivity index (χ2n) is 5.41. The Kier molecular flexibility index (Phi) is 4.73. The lowest BCUT2D eigenvalue weighted by molar-refractivity contribution is -0.0334. The maximum atomic E-state index is 9.18. The van der Waals surface area contributed by atoms with Gasteiger partial charge in [0, 0.05) is 11.6 Å². The van der Waals surface area contributed by atoms with Gasteiger partial charge >= 0.3 is 0 Å². The molecule has 1 aromatic heterocycles. The number of para-hydroxylation sites is 1. The van der Waals surface area contributed by atoms with Crippen LogP contribution in [0.4, 0.5) is 0 Å². The van der Waals surface area contributed by atoms with Crippen LogP contribution in [-0.4, -0.2) is 33.2 Å². The Morgan fingerprint density at radius 1 is 1.38 bits per heavy atom. The molecule has 0 unspecified atom stereocenters. The standard InChI is InChI=1S/C16H20N2O2S/c1-11-4-2-5-12-8-17-14(18-16(11)12)10-21-15-7-3-6-13(9-19)20-15/h2,4-5,8,13,15,19H,3,6-7,9-10H2,1H3/t13-,15-/m0/s1. The van der Waals surface area contributed by atoms with Crippen LogP contribution in [0, 0.1) is 6.92 Å². The monoisotopic (exact) mass is 304 g/mol. The Hall–Kier alpha value is -1.17. The van der Waals surface area contributed by atoms with E-state index in [9.17, 15) is 5.11 Å². The molecule has 0 amide bonds. The normalized spacial score (nSPS) is 22.6. The molecule has 2 aromatic rings. The van der Waals surface area contributed by atoms with Gasteiger partial charge < -0.3 is 9.84 Å². The van der Waals surface area contributed by atoms with E-state index in [0.717, 1.165) is 41.7 Å². The highest BCUT2D eigenvalue weighted by Gasteiger charge is 2.22. The number of aliphatic hydroxyl groups excluding tert-OH is 1. The molecular weight excluding hydrogens is 284 g/mol. The smallest absolute Gasteiger partial charge is 0.138 e. The fraction of sp³-hybridized carbons (Fsp3) is 0.500. The summed E-state index contributed by atoms with van der Waals surface area (Å²) in [6.07, 6.45) is 4.99. The molecule has 2 atom stereocenters. The number of ether oxygens (including phenoxy) is 1. The second kappa shape index (κ2) is 6.73. The summed E-state index contributed by atoms with van der Waals surface area (Å²) in [4.78, 5) is 9.10. The molecule has 0 bridgehead atoms. The molecule has 5 heteroatoms.